The molecule has 1 aliphatic rings. The zero-order valence-corrected chi connectivity index (χ0v) is 18.6. The summed E-state index contributed by atoms with van der Waals surface area (Å²) in [5, 5.41) is 4.19. The van der Waals surface area contributed by atoms with E-state index in [0.717, 1.165) is 30.1 Å². The minimum absolute atomic E-state index is 0.0145. The van der Waals surface area contributed by atoms with Crippen LogP contribution in [-0.2, 0) is 6.54 Å². The van der Waals surface area contributed by atoms with Gasteiger partial charge in [-0.05, 0) is 67.5 Å². The second kappa shape index (κ2) is 8.40. The van der Waals surface area contributed by atoms with Gasteiger partial charge in [0.05, 0.1) is 20.3 Å². The first-order valence-electron chi connectivity index (χ1n) is 10.0. The largest absolute Gasteiger partial charge is 0.493 e. The minimum Gasteiger partial charge on any atom is -0.493 e. The third kappa shape index (κ3) is 3.75. The molecule has 6 heteroatoms. The number of nitrogens with one attached hydrogen (secondary N) is 1. The first-order valence-corrected chi connectivity index (χ1v) is 10.4. The predicted octanol–water partition coefficient (Wildman–Crippen LogP) is 4.92. The van der Waals surface area contributed by atoms with Crippen molar-refractivity contribution < 1.29 is 9.47 Å². The number of hydrogen-bond donors (Lipinski definition) is 1. The number of rotatable bonds is 4. The summed E-state index contributed by atoms with van der Waals surface area (Å²) in [6.45, 7) is 5.91. The lowest BCUT2D eigenvalue weighted by molar-refractivity contribution is 0.291. The molecule has 0 fully saturated rings. The van der Waals surface area contributed by atoms with Crippen LogP contribution in [0.1, 0.15) is 28.4 Å². The van der Waals surface area contributed by atoms with E-state index in [1.807, 2.05) is 12.1 Å². The number of ether oxygens (including phenoxy) is 2. The van der Waals surface area contributed by atoms with Gasteiger partial charge in [0.15, 0.2) is 16.6 Å². The van der Waals surface area contributed by atoms with Crippen LogP contribution in [0.5, 0.6) is 11.5 Å². The maximum absolute atomic E-state index is 5.89. The highest BCUT2D eigenvalue weighted by Gasteiger charge is 2.31. The average molecular weight is 422 g/mol. The molecule has 2 heterocycles. The summed E-state index contributed by atoms with van der Waals surface area (Å²) in [4.78, 5) is 2.26. The summed E-state index contributed by atoms with van der Waals surface area (Å²) in [6, 6.07) is 16.7. The normalized spacial score (nSPS) is 15.5. The number of hydrogen-bond acceptors (Lipinski definition) is 3. The second-order valence-corrected chi connectivity index (χ2v) is 7.97. The standard InChI is InChI=1S/C24H27N3O2S/c1-16-7-9-19(17(2)14-16)25-24(30)27-13-12-26-11-5-6-20(26)23(27)18-8-10-21(28-3)22(15-18)29-4/h5-11,14-15,23H,12-13H2,1-4H3,(H,25,30)/t23-/m1/s1. The summed E-state index contributed by atoms with van der Waals surface area (Å²) in [6.07, 6.45) is 2.13. The first kappa shape index (κ1) is 20.3. The highest BCUT2D eigenvalue weighted by atomic mass is 32.1. The number of aryl methyl sites for hydroxylation is 2. The molecule has 0 radical (unpaired) electrons. The van der Waals surface area contributed by atoms with E-state index in [1.54, 1.807) is 14.2 Å². The lowest BCUT2D eigenvalue weighted by Gasteiger charge is -2.39. The SMILES string of the molecule is COc1ccc([C@@H]2c3cccn3CCN2C(=S)Nc2ccc(C)cc2C)cc1OC. The fourth-order valence-electron chi connectivity index (χ4n) is 4.12. The summed E-state index contributed by atoms with van der Waals surface area (Å²) >= 11 is 5.89. The number of benzene rings is 2. The molecule has 4 rings (SSSR count). The molecule has 156 valence electrons. The Labute approximate surface area is 183 Å². The van der Waals surface area contributed by atoms with E-state index in [0.29, 0.717) is 10.9 Å². The Kier molecular flexibility index (Phi) is 5.68. The van der Waals surface area contributed by atoms with Crippen LogP contribution in [0, 0.1) is 13.8 Å². The van der Waals surface area contributed by atoms with Crippen LogP contribution in [0.3, 0.4) is 0 Å². The van der Waals surface area contributed by atoms with Gasteiger partial charge >= 0.3 is 0 Å². The van der Waals surface area contributed by atoms with Gasteiger partial charge in [-0.2, -0.15) is 0 Å². The highest BCUT2D eigenvalue weighted by molar-refractivity contribution is 7.80. The molecule has 0 spiro atoms. The van der Waals surface area contributed by atoms with Crippen LogP contribution in [0.4, 0.5) is 5.69 Å². The smallest absolute Gasteiger partial charge is 0.174 e. The van der Waals surface area contributed by atoms with Gasteiger partial charge in [0, 0.05) is 30.7 Å². The quantitative estimate of drug-likeness (QED) is 0.605. The topological polar surface area (TPSA) is 38.7 Å². The Morgan fingerprint density at radius 1 is 1.00 bits per heavy atom. The van der Waals surface area contributed by atoms with Gasteiger partial charge in [-0.25, -0.2) is 0 Å². The van der Waals surface area contributed by atoms with Crippen molar-refractivity contribution in [2.45, 2.75) is 26.4 Å². The van der Waals surface area contributed by atoms with Crippen molar-refractivity contribution in [3.05, 3.63) is 77.1 Å². The molecule has 0 bridgehead atoms. The third-order valence-electron chi connectivity index (χ3n) is 5.65. The fraction of sp³-hybridized carbons (Fsp3) is 0.292. The van der Waals surface area contributed by atoms with Gasteiger partial charge in [0.1, 0.15) is 0 Å². The molecule has 1 aromatic heterocycles. The molecule has 30 heavy (non-hydrogen) atoms. The van der Waals surface area contributed by atoms with Crippen LogP contribution in [-0.4, -0.2) is 35.3 Å². The van der Waals surface area contributed by atoms with Crippen molar-refractivity contribution in [1.29, 1.82) is 0 Å². The van der Waals surface area contributed by atoms with Crippen LogP contribution in [0.25, 0.3) is 0 Å². The molecule has 1 N–H and O–H groups in total. The maximum atomic E-state index is 5.89. The molecule has 0 amide bonds. The Balaban J connectivity index is 1.71. The molecule has 1 aliphatic heterocycles. The first-order chi connectivity index (χ1) is 14.5. The third-order valence-corrected chi connectivity index (χ3v) is 5.98. The van der Waals surface area contributed by atoms with Crippen LogP contribution in [0.2, 0.25) is 0 Å². The Bertz CT molecular complexity index is 1080. The summed E-state index contributed by atoms with van der Waals surface area (Å²) < 4.78 is 13.3. The molecule has 2 aromatic carbocycles. The van der Waals surface area contributed by atoms with Crippen LogP contribution in [0.15, 0.2) is 54.7 Å². The van der Waals surface area contributed by atoms with Gasteiger partial charge in [-0.15, -0.1) is 0 Å². The summed E-state index contributed by atoms with van der Waals surface area (Å²) in [7, 11) is 3.31. The van der Waals surface area contributed by atoms with Crippen LogP contribution < -0.4 is 14.8 Å². The number of methoxy groups -OCH3 is 2. The lowest BCUT2D eigenvalue weighted by atomic mass is 9.99. The summed E-state index contributed by atoms with van der Waals surface area (Å²) in [5.41, 5.74) is 5.77. The maximum Gasteiger partial charge on any atom is 0.174 e. The molecule has 0 aliphatic carbocycles. The van der Waals surface area contributed by atoms with Crippen molar-refractivity contribution in [2.75, 3.05) is 26.1 Å². The van der Waals surface area contributed by atoms with Crippen molar-refractivity contribution in [3.63, 3.8) is 0 Å². The molecule has 0 unspecified atom stereocenters. The molecular weight excluding hydrogens is 394 g/mol. The van der Waals surface area contributed by atoms with E-state index in [9.17, 15) is 0 Å². The number of nitrogens with zero attached hydrogens (tertiary/aromatic N) is 2. The van der Waals surface area contributed by atoms with E-state index < -0.39 is 0 Å². The molecular formula is C24H27N3O2S. The Morgan fingerprint density at radius 3 is 2.53 bits per heavy atom. The molecule has 0 saturated carbocycles. The van der Waals surface area contributed by atoms with E-state index >= 15 is 0 Å². The van der Waals surface area contributed by atoms with E-state index in [2.05, 4.69) is 71.2 Å². The monoisotopic (exact) mass is 421 g/mol. The van der Waals surface area contributed by atoms with Gasteiger partial charge in [0.2, 0.25) is 0 Å². The van der Waals surface area contributed by atoms with Gasteiger partial charge in [0.25, 0.3) is 0 Å². The molecule has 5 nitrogen and oxygen atoms in total. The zero-order valence-electron chi connectivity index (χ0n) is 17.8. The van der Waals surface area contributed by atoms with Gasteiger partial charge in [-0.1, -0.05) is 23.8 Å². The molecule has 1 atom stereocenters. The Hall–Kier alpha value is -2.99. The number of thiocarbonyl (C=S) groups is 1. The number of fused-ring (bicyclic) bond motifs is 1. The van der Waals surface area contributed by atoms with Crippen molar-refractivity contribution in [1.82, 2.24) is 9.47 Å². The van der Waals surface area contributed by atoms with Crippen molar-refractivity contribution in [2.24, 2.45) is 0 Å². The number of aromatic nitrogens is 1. The van der Waals surface area contributed by atoms with E-state index in [-0.39, 0.29) is 6.04 Å². The second-order valence-electron chi connectivity index (χ2n) is 7.59. The van der Waals surface area contributed by atoms with E-state index in [1.165, 1.54) is 16.8 Å². The van der Waals surface area contributed by atoms with E-state index in [4.69, 9.17) is 21.7 Å². The molecule has 3 aromatic rings. The minimum atomic E-state index is -0.0145. The van der Waals surface area contributed by atoms with Crippen LogP contribution >= 0.6 is 12.2 Å². The van der Waals surface area contributed by atoms with Gasteiger partial charge in [-0.3, -0.25) is 0 Å². The fourth-order valence-corrected chi connectivity index (χ4v) is 4.42. The summed E-state index contributed by atoms with van der Waals surface area (Å²) in [5.74, 6) is 1.43. The van der Waals surface area contributed by atoms with Gasteiger partial charge < -0.3 is 24.3 Å². The number of anilines is 1. The molecule has 0 saturated heterocycles. The lowest BCUT2D eigenvalue weighted by Crippen LogP contribution is -2.44. The average Bonchev–Trinajstić information content (AvgIpc) is 3.23. The predicted molar refractivity (Wildman–Crippen MR) is 125 cm³/mol. The Morgan fingerprint density at radius 2 is 1.80 bits per heavy atom. The highest BCUT2D eigenvalue weighted by Crippen LogP contribution is 2.37. The van der Waals surface area contributed by atoms with Crippen molar-refractivity contribution >= 4 is 23.0 Å². The van der Waals surface area contributed by atoms with Crippen molar-refractivity contribution in [3.8, 4) is 11.5 Å². The zero-order chi connectivity index (χ0) is 21.3.